The van der Waals surface area contributed by atoms with Crippen molar-refractivity contribution in [2.75, 3.05) is 33.4 Å². The summed E-state index contributed by atoms with van der Waals surface area (Å²) in [7, 11) is 1.65. The molecule has 0 bridgehead atoms. The number of nitrogens with one attached hydrogen (secondary N) is 1. The lowest BCUT2D eigenvalue weighted by atomic mass is 10.00. The number of hydrogen-bond donors (Lipinski definition) is 1. The summed E-state index contributed by atoms with van der Waals surface area (Å²) in [6.07, 6.45) is 0.804. The van der Waals surface area contributed by atoms with Crippen LogP contribution in [0.5, 0.6) is 0 Å². The molecule has 1 aromatic carbocycles. The Labute approximate surface area is 139 Å². The molecule has 1 fully saturated rings. The highest BCUT2D eigenvalue weighted by Gasteiger charge is 2.24. The molecule has 0 radical (unpaired) electrons. The standard InChI is InChI=1S/C18H28N2O3/c1-13-5-6-16(14(2)9-13)10-15(3)19-18(21)20-7-8-23-17(11-20)12-22-4/h5-6,9,15,17H,7-8,10-12H2,1-4H3,(H,19,21)/t15-,17+/m0/s1. The molecule has 1 aliphatic heterocycles. The Balaban J connectivity index is 1.86. The number of amides is 2. The van der Waals surface area contributed by atoms with Gasteiger partial charge >= 0.3 is 6.03 Å². The minimum absolute atomic E-state index is 0.0216. The SMILES string of the molecule is COC[C@H]1CN(C(=O)N[C@@H](C)Cc2ccc(C)cc2C)CCO1. The number of nitrogens with zero attached hydrogens (tertiary/aromatic N) is 1. The van der Waals surface area contributed by atoms with Crippen molar-refractivity contribution in [3.8, 4) is 0 Å². The van der Waals surface area contributed by atoms with Crippen LogP contribution in [-0.2, 0) is 15.9 Å². The maximum Gasteiger partial charge on any atom is 0.317 e. The number of hydrogen-bond acceptors (Lipinski definition) is 3. The van der Waals surface area contributed by atoms with Gasteiger partial charge in [-0.15, -0.1) is 0 Å². The van der Waals surface area contributed by atoms with Gasteiger partial charge in [0.1, 0.15) is 0 Å². The molecule has 5 nitrogen and oxygen atoms in total. The van der Waals surface area contributed by atoms with Gasteiger partial charge in [0.05, 0.1) is 25.9 Å². The number of ether oxygens (including phenoxy) is 2. The molecule has 0 spiro atoms. The molecule has 1 aliphatic rings. The van der Waals surface area contributed by atoms with Crippen LogP contribution in [0.2, 0.25) is 0 Å². The first-order valence-electron chi connectivity index (χ1n) is 8.21. The van der Waals surface area contributed by atoms with Crippen LogP contribution in [0.3, 0.4) is 0 Å². The van der Waals surface area contributed by atoms with E-state index in [2.05, 4.69) is 37.4 Å². The lowest BCUT2D eigenvalue weighted by Crippen LogP contribution is -2.52. The Morgan fingerprint density at radius 3 is 2.96 bits per heavy atom. The number of methoxy groups -OCH3 is 1. The van der Waals surface area contributed by atoms with Crippen molar-refractivity contribution in [3.63, 3.8) is 0 Å². The van der Waals surface area contributed by atoms with Crippen LogP contribution in [0.25, 0.3) is 0 Å². The van der Waals surface area contributed by atoms with Crippen LogP contribution >= 0.6 is 0 Å². The predicted molar refractivity (Wildman–Crippen MR) is 90.8 cm³/mol. The minimum Gasteiger partial charge on any atom is -0.382 e. The molecule has 1 heterocycles. The van der Waals surface area contributed by atoms with Gasteiger partial charge in [0.15, 0.2) is 0 Å². The molecule has 2 atom stereocenters. The second kappa shape index (κ2) is 8.31. The van der Waals surface area contributed by atoms with Crippen LogP contribution in [-0.4, -0.2) is 56.5 Å². The summed E-state index contributed by atoms with van der Waals surface area (Å²) >= 11 is 0. The number of rotatable bonds is 5. The van der Waals surface area contributed by atoms with Crippen LogP contribution in [0.15, 0.2) is 18.2 Å². The first-order chi connectivity index (χ1) is 11.0. The summed E-state index contributed by atoms with van der Waals surface area (Å²) in [6.45, 7) is 8.54. The van der Waals surface area contributed by atoms with Gasteiger partial charge in [-0.1, -0.05) is 23.8 Å². The van der Waals surface area contributed by atoms with Crippen molar-refractivity contribution in [1.29, 1.82) is 0 Å². The highest BCUT2D eigenvalue weighted by molar-refractivity contribution is 5.74. The average molecular weight is 320 g/mol. The zero-order chi connectivity index (χ0) is 16.8. The third-order valence-electron chi connectivity index (χ3n) is 4.17. The Hall–Kier alpha value is -1.59. The third kappa shape index (κ3) is 5.22. The fourth-order valence-corrected chi connectivity index (χ4v) is 2.95. The molecular weight excluding hydrogens is 292 g/mol. The van der Waals surface area contributed by atoms with Gasteiger partial charge in [0.25, 0.3) is 0 Å². The Bertz CT molecular complexity index is 531. The molecule has 23 heavy (non-hydrogen) atoms. The first kappa shape index (κ1) is 17.8. The fraction of sp³-hybridized carbons (Fsp3) is 0.611. The van der Waals surface area contributed by atoms with Crippen molar-refractivity contribution in [3.05, 3.63) is 34.9 Å². The van der Waals surface area contributed by atoms with E-state index in [1.807, 2.05) is 11.8 Å². The highest BCUT2D eigenvalue weighted by Crippen LogP contribution is 2.13. The maximum absolute atomic E-state index is 12.4. The summed E-state index contributed by atoms with van der Waals surface area (Å²) < 4.78 is 10.7. The molecule has 1 N–H and O–H groups in total. The van der Waals surface area contributed by atoms with E-state index in [9.17, 15) is 4.79 Å². The Kier molecular flexibility index (Phi) is 6.42. The second-order valence-corrected chi connectivity index (χ2v) is 6.38. The van der Waals surface area contributed by atoms with Gasteiger partial charge in [0, 0.05) is 19.7 Å². The molecule has 1 aromatic rings. The van der Waals surface area contributed by atoms with E-state index in [4.69, 9.17) is 9.47 Å². The summed E-state index contributed by atoms with van der Waals surface area (Å²) in [6, 6.07) is 6.52. The van der Waals surface area contributed by atoms with E-state index in [0.29, 0.717) is 26.3 Å². The van der Waals surface area contributed by atoms with Crippen molar-refractivity contribution in [2.45, 2.75) is 39.3 Å². The summed E-state index contributed by atoms with van der Waals surface area (Å²) in [5.74, 6) is 0. The average Bonchev–Trinajstić information content (AvgIpc) is 2.51. The number of morpholine rings is 1. The number of carbonyl (C=O) groups excluding carboxylic acids is 1. The smallest absolute Gasteiger partial charge is 0.317 e. The van der Waals surface area contributed by atoms with Crippen molar-refractivity contribution in [2.24, 2.45) is 0 Å². The predicted octanol–water partition coefficient (Wildman–Crippen LogP) is 2.29. The van der Waals surface area contributed by atoms with Gasteiger partial charge in [-0.25, -0.2) is 4.79 Å². The van der Waals surface area contributed by atoms with Gasteiger partial charge < -0.3 is 19.7 Å². The maximum atomic E-state index is 12.4. The summed E-state index contributed by atoms with van der Waals surface area (Å²) in [5, 5.41) is 3.09. The van der Waals surface area contributed by atoms with Crippen LogP contribution < -0.4 is 5.32 Å². The zero-order valence-electron chi connectivity index (χ0n) is 14.6. The summed E-state index contributed by atoms with van der Waals surface area (Å²) in [5.41, 5.74) is 3.82. The Morgan fingerprint density at radius 2 is 2.26 bits per heavy atom. The fourth-order valence-electron chi connectivity index (χ4n) is 2.95. The molecule has 0 unspecified atom stereocenters. The monoisotopic (exact) mass is 320 g/mol. The van der Waals surface area contributed by atoms with Gasteiger partial charge in [-0.3, -0.25) is 0 Å². The topological polar surface area (TPSA) is 50.8 Å². The normalized spacial score (nSPS) is 19.5. The van der Waals surface area contributed by atoms with Crippen molar-refractivity contribution in [1.82, 2.24) is 10.2 Å². The van der Waals surface area contributed by atoms with E-state index in [-0.39, 0.29) is 18.2 Å². The van der Waals surface area contributed by atoms with E-state index in [1.165, 1.54) is 16.7 Å². The van der Waals surface area contributed by atoms with Crippen LogP contribution in [0.4, 0.5) is 4.79 Å². The van der Waals surface area contributed by atoms with E-state index in [0.717, 1.165) is 6.42 Å². The lowest BCUT2D eigenvalue weighted by molar-refractivity contribution is -0.0496. The molecule has 0 saturated carbocycles. The minimum atomic E-state index is -0.0332. The quantitative estimate of drug-likeness (QED) is 0.905. The van der Waals surface area contributed by atoms with E-state index in [1.54, 1.807) is 7.11 Å². The Morgan fingerprint density at radius 1 is 1.48 bits per heavy atom. The molecule has 5 heteroatoms. The van der Waals surface area contributed by atoms with Gasteiger partial charge in [0.2, 0.25) is 0 Å². The number of urea groups is 1. The third-order valence-corrected chi connectivity index (χ3v) is 4.17. The van der Waals surface area contributed by atoms with Gasteiger partial charge in [-0.2, -0.15) is 0 Å². The first-order valence-corrected chi connectivity index (χ1v) is 8.21. The van der Waals surface area contributed by atoms with Crippen LogP contribution in [0, 0.1) is 13.8 Å². The second-order valence-electron chi connectivity index (χ2n) is 6.38. The van der Waals surface area contributed by atoms with Crippen LogP contribution in [0.1, 0.15) is 23.6 Å². The molecule has 2 amide bonds. The number of carbonyl (C=O) groups is 1. The molecule has 0 aromatic heterocycles. The lowest BCUT2D eigenvalue weighted by Gasteiger charge is -2.33. The van der Waals surface area contributed by atoms with Gasteiger partial charge in [-0.05, 0) is 38.3 Å². The molecule has 1 saturated heterocycles. The van der Waals surface area contributed by atoms with E-state index < -0.39 is 0 Å². The molecule has 0 aliphatic carbocycles. The largest absolute Gasteiger partial charge is 0.382 e. The highest BCUT2D eigenvalue weighted by atomic mass is 16.5. The molecule has 128 valence electrons. The number of benzene rings is 1. The van der Waals surface area contributed by atoms with Crippen molar-refractivity contribution < 1.29 is 14.3 Å². The zero-order valence-corrected chi connectivity index (χ0v) is 14.6. The molecule has 2 rings (SSSR count). The number of aryl methyl sites for hydroxylation is 2. The van der Waals surface area contributed by atoms with E-state index >= 15 is 0 Å². The summed E-state index contributed by atoms with van der Waals surface area (Å²) in [4.78, 5) is 14.2. The van der Waals surface area contributed by atoms with Crippen molar-refractivity contribution >= 4 is 6.03 Å². The molecular formula is C18H28N2O3.